The van der Waals surface area contributed by atoms with E-state index in [9.17, 15) is 4.79 Å². The van der Waals surface area contributed by atoms with E-state index in [1.54, 1.807) is 0 Å². The summed E-state index contributed by atoms with van der Waals surface area (Å²) < 4.78 is 0. The van der Waals surface area contributed by atoms with Gasteiger partial charge in [-0.15, -0.1) is 24.0 Å². The minimum Gasteiger partial charge on any atom is -0.369 e. The summed E-state index contributed by atoms with van der Waals surface area (Å²) in [4.78, 5) is 18.6. The number of piperidine rings is 1. The highest BCUT2D eigenvalue weighted by molar-refractivity contribution is 14.0. The Kier molecular flexibility index (Phi) is 13.0. The minimum absolute atomic E-state index is 0. The Morgan fingerprint density at radius 3 is 2.77 bits per heavy atom. The Morgan fingerprint density at radius 1 is 1.30 bits per heavy atom. The molecule has 2 rings (SSSR count). The summed E-state index contributed by atoms with van der Waals surface area (Å²) in [5.74, 6) is 1.43. The SMILES string of the molecule is CCNC(=NCc1cccc(CN2CCCC(C(N)=O)C2)c1)NCCCC(C)C.I. The van der Waals surface area contributed by atoms with Gasteiger partial charge in [-0.1, -0.05) is 38.1 Å². The van der Waals surface area contributed by atoms with E-state index in [0.717, 1.165) is 63.9 Å². The van der Waals surface area contributed by atoms with Gasteiger partial charge in [-0.05, 0) is 56.2 Å². The smallest absolute Gasteiger partial charge is 0.221 e. The lowest BCUT2D eigenvalue weighted by Gasteiger charge is -2.31. The van der Waals surface area contributed by atoms with Crippen LogP contribution in [0, 0.1) is 11.8 Å². The Hall–Kier alpha value is -1.35. The van der Waals surface area contributed by atoms with Gasteiger partial charge >= 0.3 is 0 Å². The summed E-state index contributed by atoms with van der Waals surface area (Å²) in [6.45, 7) is 11.7. The third-order valence-electron chi connectivity index (χ3n) is 5.32. The highest BCUT2D eigenvalue weighted by atomic mass is 127. The van der Waals surface area contributed by atoms with E-state index in [-0.39, 0.29) is 35.8 Å². The fraction of sp³-hybridized carbons (Fsp3) is 0.652. The minimum atomic E-state index is -0.172. The quantitative estimate of drug-likeness (QED) is 0.188. The molecule has 0 aliphatic carbocycles. The van der Waals surface area contributed by atoms with E-state index in [4.69, 9.17) is 10.7 Å². The molecule has 1 atom stereocenters. The molecular weight excluding hydrogens is 489 g/mol. The van der Waals surface area contributed by atoms with Crippen LogP contribution in [0.2, 0.25) is 0 Å². The number of carbonyl (C=O) groups excluding carboxylic acids is 1. The molecule has 1 heterocycles. The third-order valence-corrected chi connectivity index (χ3v) is 5.32. The number of hydrogen-bond acceptors (Lipinski definition) is 3. The summed E-state index contributed by atoms with van der Waals surface area (Å²) in [5, 5.41) is 6.75. The first-order valence-electron chi connectivity index (χ1n) is 11.1. The first-order chi connectivity index (χ1) is 14.0. The predicted octanol–water partition coefficient (Wildman–Crippen LogP) is 3.49. The molecule has 0 saturated carbocycles. The van der Waals surface area contributed by atoms with Gasteiger partial charge in [0.05, 0.1) is 12.5 Å². The second kappa shape index (κ2) is 14.6. The van der Waals surface area contributed by atoms with Crippen LogP contribution < -0.4 is 16.4 Å². The Morgan fingerprint density at radius 2 is 2.07 bits per heavy atom. The number of halogens is 1. The maximum absolute atomic E-state index is 11.5. The molecule has 4 N–H and O–H groups in total. The average Bonchev–Trinajstić information content (AvgIpc) is 2.69. The molecule has 30 heavy (non-hydrogen) atoms. The number of nitrogens with zero attached hydrogens (tertiary/aromatic N) is 2. The van der Waals surface area contributed by atoms with Crippen LogP contribution in [0.15, 0.2) is 29.3 Å². The first-order valence-corrected chi connectivity index (χ1v) is 11.1. The maximum atomic E-state index is 11.5. The standard InChI is InChI=1S/C23H39N5O.HI/c1-4-25-23(26-12-6-8-18(2)3)27-15-19-9-5-10-20(14-19)16-28-13-7-11-21(17-28)22(24)29;/h5,9-10,14,18,21H,4,6-8,11-13,15-17H2,1-3H3,(H2,24,29)(H2,25,26,27);1H. The van der Waals surface area contributed by atoms with Gasteiger partial charge in [-0.3, -0.25) is 9.69 Å². The van der Waals surface area contributed by atoms with Crippen molar-refractivity contribution >= 4 is 35.8 Å². The van der Waals surface area contributed by atoms with Crippen LogP contribution >= 0.6 is 24.0 Å². The molecule has 0 aromatic heterocycles. The average molecular weight is 530 g/mol. The number of primary amides is 1. The van der Waals surface area contributed by atoms with Crippen molar-refractivity contribution < 1.29 is 4.79 Å². The molecule has 1 unspecified atom stereocenters. The van der Waals surface area contributed by atoms with Crippen molar-refractivity contribution in [1.82, 2.24) is 15.5 Å². The van der Waals surface area contributed by atoms with E-state index >= 15 is 0 Å². The van der Waals surface area contributed by atoms with Crippen LogP contribution in [0.25, 0.3) is 0 Å². The zero-order chi connectivity index (χ0) is 21.1. The van der Waals surface area contributed by atoms with Gasteiger partial charge in [0.25, 0.3) is 0 Å². The van der Waals surface area contributed by atoms with Crippen molar-refractivity contribution in [3.05, 3.63) is 35.4 Å². The highest BCUT2D eigenvalue weighted by Crippen LogP contribution is 2.19. The number of benzene rings is 1. The van der Waals surface area contributed by atoms with Gasteiger partial charge in [0.2, 0.25) is 5.91 Å². The van der Waals surface area contributed by atoms with Crippen LogP contribution in [0.5, 0.6) is 0 Å². The van der Waals surface area contributed by atoms with Crippen molar-refractivity contribution in [3.8, 4) is 0 Å². The molecule has 1 amide bonds. The topological polar surface area (TPSA) is 82.8 Å². The largest absolute Gasteiger partial charge is 0.369 e. The van der Waals surface area contributed by atoms with Crippen LogP contribution in [0.3, 0.4) is 0 Å². The van der Waals surface area contributed by atoms with E-state index in [1.807, 2.05) is 0 Å². The molecule has 170 valence electrons. The Bertz CT molecular complexity index is 665. The fourth-order valence-electron chi connectivity index (χ4n) is 3.75. The number of nitrogens with two attached hydrogens (primary N) is 1. The summed E-state index contributed by atoms with van der Waals surface area (Å²) >= 11 is 0. The highest BCUT2D eigenvalue weighted by Gasteiger charge is 2.23. The van der Waals surface area contributed by atoms with Crippen LogP contribution in [-0.4, -0.2) is 42.9 Å². The monoisotopic (exact) mass is 529 g/mol. The molecule has 0 radical (unpaired) electrons. The number of carbonyl (C=O) groups is 1. The number of likely N-dealkylation sites (tertiary alicyclic amines) is 1. The van der Waals surface area contributed by atoms with Gasteiger partial charge in [-0.25, -0.2) is 4.99 Å². The molecular formula is C23H40IN5O. The Balaban J connectivity index is 0.00000450. The predicted molar refractivity (Wildman–Crippen MR) is 136 cm³/mol. The second-order valence-corrected chi connectivity index (χ2v) is 8.45. The lowest BCUT2D eigenvalue weighted by atomic mass is 9.97. The van der Waals surface area contributed by atoms with Gasteiger partial charge < -0.3 is 16.4 Å². The normalized spacial score (nSPS) is 17.5. The van der Waals surface area contributed by atoms with Gasteiger partial charge in [-0.2, -0.15) is 0 Å². The number of aliphatic imine (C=N–C) groups is 1. The Labute approximate surface area is 199 Å². The first kappa shape index (κ1) is 26.7. The molecule has 0 spiro atoms. The van der Waals surface area contributed by atoms with Gasteiger partial charge in [0.1, 0.15) is 0 Å². The summed E-state index contributed by atoms with van der Waals surface area (Å²) in [5.41, 5.74) is 7.97. The number of guanidine groups is 1. The summed E-state index contributed by atoms with van der Waals surface area (Å²) in [6, 6.07) is 8.59. The van der Waals surface area contributed by atoms with E-state index < -0.39 is 0 Å². The fourth-order valence-corrected chi connectivity index (χ4v) is 3.75. The molecule has 1 aromatic carbocycles. The number of rotatable bonds is 10. The van der Waals surface area contributed by atoms with Crippen LogP contribution in [0.1, 0.15) is 57.6 Å². The number of amides is 1. The lowest BCUT2D eigenvalue weighted by molar-refractivity contribution is -0.123. The van der Waals surface area contributed by atoms with Crippen molar-refractivity contribution in [2.24, 2.45) is 22.6 Å². The van der Waals surface area contributed by atoms with Crippen LogP contribution in [0.4, 0.5) is 0 Å². The molecule has 1 aliphatic rings. The zero-order valence-electron chi connectivity index (χ0n) is 18.8. The van der Waals surface area contributed by atoms with Crippen molar-refractivity contribution in [2.75, 3.05) is 26.2 Å². The third kappa shape index (κ3) is 10.1. The van der Waals surface area contributed by atoms with Gasteiger partial charge in [0, 0.05) is 26.2 Å². The molecule has 1 aromatic rings. The summed E-state index contributed by atoms with van der Waals surface area (Å²) in [6.07, 6.45) is 4.32. The molecule has 1 aliphatic heterocycles. The molecule has 7 heteroatoms. The molecule has 1 fully saturated rings. The van der Waals surface area contributed by atoms with Crippen molar-refractivity contribution in [2.45, 2.75) is 59.5 Å². The van der Waals surface area contributed by atoms with E-state index in [0.29, 0.717) is 6.54 Å². The molecule has 6 nitrogen and oxygen atoms in total. The zero-order valence-corrected chi connectivity index (χ0v) is 21.2. The van der Waals surface area contributed by atoms with E-state index in [2.05, 4.69) is 60.6 Å². The maximum Gasteiger partial charge on any atom is 0.221 e. The number of hydrogen-bond donors (Lipinski definition) is 3. The van der Waals surface area contributed by atoms with Gasteiger partial charge in [0.15, 0.2) is 5.96 Å². The number of nitrogens with one attached hydrogen (secondary N) is 2. The molecule has 0 bridgehead atoms. The van der Waals surface area contributed by atoms with E-state index in [1.165, 1.54) is 17.5 Å². The lowest BCUT2D eigenvalue weighted by Crippen LogP contribution is -2.40. The summed E-state index contributed by atoms with van der Waals surface area (Å²) in [7, 11) is 0. The van der Waals surface area contributed by atoms with Crippen molar-refractivity contribution in [1.29, 1.82) is 0 Å². The van der Waals surface area contributed by atoms with Crippen molar-refractivity contribution in [3.63, 3.8) is 0 Å². The van der Waals surface area contributed by atoms with Crippen LogP contribution in [-0.2, 0) is 17.9 Å². The molecule has 1 saturated heterocycles. The second-order valence-electron chi connectivity index (χ2n) is 8.45.